The van der Waals surface area contributed by atoms with E-state index >= 15 is 0 Å². The van der Waals surface area contributed by atoms with E-state index in [1.54, 1.807) is 25.5 Å². The summed E-state index contributed by atoms with van der Waals surface area (Å²) in [6.07, 6.45) is 5.11. The predicted octanol–water partition coefficient (Wildman–Crippen LogP) is 1.77. The van der Waals surface area contributed by atoms with Crippen molar-refractivity contribution in [2.45, 2.75) is 6.92 Å². The van der Waals surface area contributed by atoms with E-state index in [4.69, 9.17) is 0 Å². The fourth-order valence-electron chi connectivity index (χ4n) is 1.25. The summed E-state index contributed by atoms with van der Waals surface area (Å²) in [5.41, 5.74) is 1.66. The van der Waals surface area contributed by atoms with Crippen molar-refractivity contribution in [2.75, 3.05) is 0 Å². The fourth-order valence-corrected chi connectivity index (χ4v) is 1.25. The van der Waals surface area contributed by atoms with Gasteiger partial charge in [-0.2, -0.15) is 0 Å². The Morgan fingerprint density at radius 3 is 3.17 bits per heavy atom. The largest absolute Gasteiger partial charge is 0.360 e. The molecule has 2 aromatic rings. The lowest BCUT2D eigenvalue weighted by Gasteiger charge is -1.89. The van der Waals surface area contributed by atoms with Crippen LogP contribution in [0.15, 0.2) is 24.7 Å². The first-order chi connectivity index (χ1) is 5.79. The highest BCUT2D eigenvalue weighted by molar-refractivity contribution is 6.06. The monoisotopic (exact) mass is 160 g/mol. The van der Waals surface area contributed by atoms with Crippen molar-refractivity contribution in [3.8, 4) is 0 Å². The summed E-state index contributed by atoms with van der Waals surface area (Å²) in [5.74, 6) is 0.0641. The minimum atomic E-state index is 0.0641. The third-order valence-electron chi connectivity index (χ3n) is 1.86. The predicted molar refractivity (Wildman–Crippen MR) is 46.1 cm³/mol. The molecule has 0 saturated carbocycles. The first kappa shape index (κ1) is 7.03. The number of H-pyrrole nitrogens is 1. The van der Waals surface area contributed by atoms with E-state index in [1.165, 1.54) is 0 Å². The molecule has 0 saturated heterocycles. The molecule has 3 heteroatoms. The summed E-state index contributed by atoms with van der Waals surface area (Å²) in [4.78, 5) is 18.0. The maximum Gasteiger partial charge on any atom is 0.162 e. The Bertz CT molecular complexity index is 431. The summed E-state index contributed by atoms with van der Waals surface area (Å²) in [7, 11) is 0. The molecule has 0 bridgehead atoms. The molecule has 0 aliphatic carbocycles. The highest BCUT2D eigenvalue weighted by Gasteiger charge is 2.06. The van der Waals surface area contributed by atoms with E-state index in [-0.39, 0.29) is 5.78 Å². The Morgan fingerprint density at radius 1 is 1.58 bits per heavy atom. The average Bonchev–Trinajstić information content (AvgIpc) is 2.47. The van der Waals surface area contributed by atoms with Crippen molar-refractivity contribution in [3.05, 3.63) is 30.2 Å². The Morgan fingerprint density at radius 2 is 2.42 bits per heavy atom. The minimum Gasteiger partial charge on any atom is -0.360 e. The van der Waals surface area contributed by atoms with E-state index in [9.17, 15) is 4.79 Å². The number of rotatable bonds is 1. The number of hydrogen-bond acceptors (Lipinski definition) is 2. The number of pyridine rings is 1. The van der Waals surface area contributed by atoms with Gasteiger partial charge in [0.15, 0.2) is 5.78 Å². The number of aromatic amines is 1. The molecule has 0 radical (unpaired) electrons. The molecule has 2 rings (SSSR count). The molecule has 60 valence electrons. The zero-order valence-electron chi connectivity index (χ0n) is 6.66. The van der Waals surface area contributed by atoms with Crippen molar-refractivity contribution in [1.29, 1.82) is 0 Å². The quantitative estimate of drug-likeness (QED) is 0.646. The number of nitrogens with one attached hydrogen (secondary N) is 1. The molecule has 0 aliphatic rings. The standard InChI is InChI=1S/C9H8N2O/c1-6(12)7-5-11-9-2-3-10-4-8(7)9/h2-5,11H,1H3. The van der Waals surface area contributed by atoms with Gasteiger partial charge in [-0.25, -0.2) is 0 Å². The zero-order valence-corrected chi connectivity index (χ0v) is 6.66. The molecule has 0 unspecified atom stereocenters. The Kier molecular flexibility index (Phi) is 1.43. The smallest absolute Gasteiger partial charge is 0.162 e. The number of nitrogens with zero attached hydrogens (tertiary/aromatic N) is 1. The third kappa shape index (κ3) is 0.906. The van der Waals surface area contributed by atoms with Gasteiger partial charge in [0.1, 0.15) is 0 Å². The topological polar surface area (TPSA) is 45.8 Å². The van der Waals surface area contributed by atoms with Crippen molar-refractivity contribution in [1.82, 2.24) is 9.97 Å². The van der Waals surface area contributed by atoms with Gasteiger partial charge in [0.05, 0.1) is 0 Å². The van der Waals surface area contributed by atoms with Crippen LogP contribution in [-0.2, 0) is 0 Å². The van der Waals surface area contributed by atoms with Gasteiger partial charge in [-0.1, -0.05) is 0 Å². The van der Waals surface area contributed by atoms with Gasteiger partial charge in [0.2, 0.25) is 0 Å². The Balaban J connectivity index is 2.79. The second-order valence-corrected chi connectivity index (χ2v) is 2.68. The van der Waals surface area contributed by atoms with Crippen LogP contribution in [-0.4, -0.2) is 15.8 Å². The number of carbonyl (C=O) groups is 1. The van der Waals surface area contributed by atoms with E-state index in [2.05, 4.69) is 9.97 Å². The van der Waals surface area contributed by atoms with Crippen LogP contribution < -0.4 is 0 Å². The number of fused-ring (bicyclic) bond motifs is 1. The molecule has 2 heterocycles. The number of aromatic nitrogens is 2. The SMILES string of the molecule is CC(=O)c1c[nH]c2ccncc12. The molecule has 0 atom stereocenters. The molecule has 2 aromatic heterocycles. The van der Waals surface area contributed by atoms with E-state index < -0.39 is 0 Å². The van der Waals surface area contributed by atoms with Crippen LogP contribution in [0.3, 0.4) is 0 Å². The summed E-state index contributed by atoms with van der Waals surface area (Å²) >= 11 is 0. The lowest BCUT2D eigenvalue weighted by molar-refractivity contribution is 0.101. The van der Waals surface area contributed by atoms with Gasteiger partial charge in [-0.15, -0.1) is 0 Å². The van der Waals surface area contributed by atoms with Crippen molar-refractivity contribution >= 4 is 16.7 Å². The second kappa shape index (κ2) is 2.44. The Hall–Kier alpha value is -1.64. The van der Waals surface area contributed by atoms with Crippen LogP contribution in [0.4, 0.5) is 0 Å². The van der Waals surface area contributed by atoms with Gasteiger partial charge in [-0.05, 0) is 13.0 Å². The van der Waals surface area contributed by atoms with Crippen LogP contribution >= 0.6 is 0 Å². The van der Waals surface area contributed by atoms with Crippen LogP contribution in [0, 0.1) is 0 Å². The molecular formula is C9H8N2O. The molecular weight excluding hydrogens is 152 g/mol. The molecule has 3 nitrogen and oxygen atoms in total. The van der Waals surface area contributed by atoms with Crippen molar-refractivity contribution < 1.29 is 4.79 Å². The summed E-state index contributed by atoms with van der Waals surface area (Å²) in [6, 6.07) is 1.85. The van der Waals surface area contributed by atoms with Gasteiger partial charge < -0.3 is 4.98 Å². The molecule has 0 fully saturated rings. The number of hydrogen-bond donors (Lipinski definition) is 1. The van der Waals surface area contributed by atoms with E-state index in [1.807, 2.05) is 6.07 Å². The van der Waals surface area contributed by atoms with Gasteiger partial charge >= 0.3 is 0 Å². The van der Waals surface area contributed by atoms with E-state index in [0.717, 1.165) is 10.9 Å². The molecule has 0 aromatic carbocycles. The van der Waals surface area contributed by atoms with Gasteiger partial charge in [0, 0.05) is 35.1 Å². The maximum absolute atomic E-state index is 11.1. The Labute approximate surface area is 69.4 Å². The highest BCUT2D eigenvalue weighted by atomic mass is 16.1. The second-order valence-electron chi connectivity index (χ2n) is 2.68. The summed E-state index contributed by atoms with van der Waals surface area (Å²) < 4.78 is 0. The van der Waals surface area contributed by atoms with Crippen LogP contribution in [0.2, 0.25) is 0 Å². The minimum absolute atomic E-state index is 0.0641. The first-order valence-corrected chi connectivity index (χ1v) is 3.71. The number of ketones is 1. The van der Waals surface area contributed by atoms with Crippen molar-refractivity contribution in [2.24, 2.45) is 0 Å². The summed E-state index contributed by atoms with van der Waals surface area (Å²) in [5, 5.41) is 0.894. The van der Waals surface area contributed by atoms with Crippen molar-refractivity contribution in [3.63, 3.8) is 0 Å². The molecule has 1 N–H and O–H groups in total. The van der Waals surface area contributed by atoms with Gasteiger partial charge in [0.25, 0.3) is 0 Å². The first-order valence-electron chi connectivity index (χ1n) is 3.71. The van der Waals surface area contributed by atoms with Crippen LogP contribution in [0.25, 0.3) is 10.9 Å². The molecule has 0 amide bonds. The van der Waals surface area contributed by atoms with E-state index in [0.29, 0.717) is 5.56 Å². The third-order valence-corrected chi connectivity index (χ3v) is 1.86. The normalized spacial score (nSPS) is 10.4. The molecule has 0 spiro atoms. The number of Topliss-reactive ketones (excluding diaryl/α,β-unsaturated/α-hetero) is 1. The van der Waals surface area contributed by atoms with Gasteiger partial charge in [-0.3, -0.25) is 9.78 Å². The average molecular weight is 160 g/mol. The summed E-state index contributed by atoms with van der Waals surface area (Å²) in [6.45, 7) is 1.55. The fraction of sp³-hybridized carbons (Fsp3) is 0.111. The lowest BCUT2D eigenvalue weighted by Crippen LogP contribution is -1.88. The molecule has 12 heavy (non-hydrogen) atoms. The maximum atomic E-state index is 11.1. The highest BCUT2D eigenvalue weighted by Crippen LogP contribution is 2.16. The van der Waals surface area contributed by atoms with Crippen LogP contribution in [0.1, 0.15) is 17.3 Å². The lowest BCUT2D eigenvalue weighted by atomic mass is 10.2. The molecule has 0 aliphatic heterocycles. The zero-order chi connectivity index (χ0) is 8.55. The van der Waals surface area contributed by atoms with Crippen LogP contribution in [0.5, 0.6) is 0 Å². The number of carbonyl (C=O) groups excluding carboxylic acids is 1.